The van der Waals surface area contributed by atoms with Crippen LogP contribution in [0.3, 0.4) is 0 Å². The quantitative estimate of drug-likeness (QED) is 0.506. The van der Waals surface area contributed by atoms with Crippen molar-refractivity contribution in [1.82, 2.24) is 5.32 Å². The lowest BCUT2D eigenvalue weighted by molar-refractivity contribution is -0.129. The molecule has 0 unspecified atom stereocenters. The zero-order valence-electron chi connectivity index (χ0n) is 10.7. The molecule has 0 aliphatic carbocycles. The van der Waals surface area contributed by atoms with Gasteiger partial charge in [0.1, 0.15) is 6.61 Å². The smallest absolute Gasteiger partial charge is 0.293 e. The van der Waals surface area contributed by atoms with Gasteiger partial charge in [-0.1, -0.05) is 30.3 Å². The highest BCUT2D eigenvalue weighted by Gasteiger charge is 2.09. The minimum atomic E-state index is 0.240. The van der Waals surface area contributed by atoms with E-state index in [2.05, 4.69) is 15.0 Å². The van der Waals surface area contributed by atoms with Crippen molar-refractivity contribution in [3.8, 4) is 0 Å². The number of benzene rings is 1. The maximum Gasteiger partial charge on any atom is 0.293 e. The Bertz CT molecular complexity index is 396. The van der Waals surface area contributed by atoms with E-state index in [9.17, 15) is 9.59 Å². The fourth-order valence-corrected chi connectivity index (χ4v) is 1.71. The van der Waals surface area contributed by atoms with Crippen molar-refractivity contribution in [3.63, 3.8) is 0 Å². The van der Waals surface area contributed by atoms with Gasteiger partial charge in [-0.25, -0.2) is 9.79 Å². The second-order valence-corrected chi connectivity index (χ2v) is 4.09. The van der Waals surface area contributed by atoms with Gasteiger partial charge in [-0.15, -0.1) is 0 Å². The Hall–Kier alpha value is -1.97. The normalized spacial score (nSPS) is 14.5. The summed E-state index contributed by atoms with van der Waals surface area (Å²) in [6.07, 6.45) is 3.55. The summed E-state index contributed by atoms with van der Waals surface area (Å²) in [7, 11) is 0. The van der Waals surface area contributed by atoms with Crippen molar-refractivity contribution >= 4 is 12.6 Å². The Labute approximate surface area is 112 Å². The summed E-state index contributed by atoms with van der Waals surface area (Å²) in [5, 5.41) is 3.18. The minimum absolute atomic E-state index is 0.240. The number of nitrogens with zero attached hydrogens (tertiary/aromatic N) is 1. The van der Waals surface area contributed by atoms with Gasteiger partial charge in [0.15, 0.2) is 0 Å². The summed E-state index contributed by atoms with van der Waals surface area (Å²) in [5.41, 5.74) is 1.01. The molecule has 1 aromatic rings. The van der Waals surface area contributed by atoms with Gasteiger partial charge in [-0.2, -0.15) is 0 Å². The van der Waals surface area contributed by atoms with E-state index in [0.717, 1.165) is 31.5 Å². The van der Waals surface area contributed by atoms with Gasteiger partial charge < -0.3 is 10.1 Å². The Morgan fingerprint density at radius 2 is 2.00 bits per heavy atom. The van der Waals surface area contributed by atoms with Crippen molar-refractivity contribution in [1.29, 1.82) is 0 Å². The number of nitrogens with one attached hydrogen (secondary N) is 1. The fourth-order valence-electron chi connectivity index (χ4n) is 1.71. The highest BCUT2D eigenvalue weighted by molar-refractivity contribution is 5.37. The van der Waals surface area contributed by atoms with Crippen LogP contribution in [0.15, 0.2) is 35.3 Å². The van der Waals surface area contributed by atoms with Crippen LogP contribution < -0.4 is 5.32 Å². The van der Waals surface area contributed by atoms with Gasteiger partial charge in [-0.05, 0) is 31.5 Å². The first kappa shape index (κ1) is 15.1. The predicted molar refractivity (Wildman–Crippen MR) is 71.3 cm³/mol. The van der Waals surface area contributed by atoms with Crippen LogP contribution in [-0.2, 0) is 20.9 Å². The number of hydrogen-bond acceptors (Lipinski definition) is 5. The van der Waals surface area contributed by atoms with Gasteiger partial charge in [-0.3, -0.25) is 4.79 Å². The topological polar surface area (TPSA) is 67.8 Å². The molecule has 2 rings (SSSR count). The van der Waals surface area contributed by atoms with E-state index in [1.165, 1.54) is 0 Å². The monoisotopic (exact) mass is 262 g/mol. The maximum absolute atomic E-state index is 9.76. The number of aliphatic imine (C=N–C) groups is 1. The Kier molecular flexibility index (Phi) is 7.94. The summed E-state index contributed by atoms with van der Waals surface area (Å²) >= 11 is 0. The van der Waals surface area contributed by atoms with Crippen LogP contribution in [0, 0.1) is 0 Å². The molecule has 0 spiro atoms. The molecule has 1 aromatic carbocycles. The molecule has 1 heterocycles. The number of isocyanates is 1. The van der Waals surface area contributed by atoms with E-state index in [-0.39, 0.29) is 6.04 Å². The molecule has 1 fully saturated rings. The van der Waals surface area contributed by atoms with Gasteiger partial charge in [0.25, 0.3) is 6.47 Å². The molecule has 5 nitrogen and oxygen atoms in total. The molecule has 1 saturated heterocycles. The first-order valence-electron chi connectivity index (χ1n) is 6.23. The van der Waals surface area contributed by atoms with Crippen LogP contribution in [-0.4, -0.2) is 31.7 Å². The van der Waals surface area contributed by atoms with E-state index < -0.39 is 0 Å². The molecule has 102 valence electrons. The molecule has 0 bridgehead atoms. The standard InChI is InChI=1S/C8H8O2.C6H10N2O/c9-7-10-6-8-4-2-1-3-5-8;9-5-8-6-1-3-7-4-2-6/h1-5,7H,6H2;6-7H,1-4H2. The van der Waals surface area contributed by atoms with Crippen molar-refractivity contribution < 1.29 is 14.3 Å². The molecule has 0 aromatic heterocycles. The highest BCUT2D eigenvalue weighted by Crippen LogP contribution is 2.04. The molecular formula is C14H18N2O3. The van der Waals surface area contributed by atoms with E-state index >= 15 is 0 Å². The number of rotatable bonds is 4. The number of carbonyl (C=O) groups excluding carboxylic acids is 2. The number of piperidine rings is 1. The van der Waals surface area contributed by atoms with Crippen molar-refractivity contribution in [3.05, 3.63) is 35.9 Å². The molecule has 0 amide bonds. The van der Waals surface area contributed by atoms with E-state index in [1.807, 2.05) is 30.3 Å². The number of carbonyl (C=O) groups is 1. The lowest BCUT2D eigenvalue weighted by atomic mass is 10.1. The van der Waals surface area contributed by atoms with Gasteiger partial charge in [0.05, 0.1) is 6.04 Å². The Morgan fingerprint density at radius 1 is 1.32 bits per heavy atom. The van der Waals surface area contributed by atoms with Crippen molar-refractivity contribution in [2.24, 2.45) is 4.99 Å². The average Bonchev–Trinajstić information content (AvgIpc) is 2.48. The van der Waals surface area contributed by atoms with Crippen LogP contribution in [0.2, 0.25) is 0 Å². The van der Waals surface area contributed by atoms with E-state index in [1.54, 1.807) is 6.08 Å². The number of ether oxygens (including phenoxy) is 1. The van der Waals surface area contributed by atoms with Crippen LogP contribution in [0.25, 0.3) is 0 Å². The Balaban J connectivity index is 0.000000191. The summed E-state index contributed by atoms with van der Waals surface area (Å²) in [4.78, 5) is 23.2. The first-order chi connectivity index (χ1) is 9.36. The van der Waals surface area contributed by atoms with Crippen LogP contribution in [0.1, 0.15) is 18.4 Å². The van der Waals surface area contributed by atoms with E-state index in [0.29, 0.717) is 13.1 Å². The lowest BCUT2D eigenvalue weighted by Crippen LogP contribution is -2.29. The second kappa shape index (κ2) is 10.00. The van der Waals surface area contributed by atoms with Crippen molar-refractivity contribution in [2.75, 3.05) is 13.1 Å². The fraction of sp³-hybridized carbons (Fsp3) is 0.429. The molecule has 0 atom stereocenters. The molecule has 0 radical (unpaired) electrons. The Morgan fingerprint density at radius 3 is 2.58 bits per heavy atom. The molecule has 1 aliphatic rings. The molecule has 1 aliphatic heterocycles. The average molecular weight is 262 g/mol. The zero-order chi connectivity index (χ0) is 13.8. The third kappa shape index (κ3) is 7.13. The molecule has 0 saturated carbocycles. The number of hydrogen-bond donors (Lipinski definition) is 1. The van der Waals surface area contributed by atoms with Gasteiger partial charge in [0, 0.05) is 0 Å². The summed E-state index contributed by atoms with van der Waals surface area (Å²) < 4.78 is 4.54. The van der Waals surface area contributed by atoms with Crippen LogP contribution >= 0.6 is 0 Å². The zero-order valence-corrected chi connectivity index (χ0v) is 10.7. The SMILES string of the molecule is O=C=NC1CCNCC1.O=COCc1ccccc1. The van der Waals surface area contributed by atoms with Gasteiger partial charge in [0.2, 0.25) is 6.08 Å². The minimum Gasteiger partial charge on any atom is -0.463 e. The molecule has 19 heavy (non-hydrogen) atoms. The molecule has 5 heteroatoms. The lowest BCUT2D eigenvalue weighted by Gasteiger charge is -2.16. The molecule has 1 N–H and O–H groups in total. The maximum atomic E-state index is 9.76. The highest BCUT2D eigenvalue weighted by atomic mass is 16.5. The third-order valence-electron chi connectivity index (χ3n) is 2.70. The summed E-state index contributed by atoms with van der Waals surface area (Å²) in [6.45, 7) is 2.78. The predicted octanol–water partition coefficient (Wildman–Crippen LogP) is 1.43. The van der Waals surface area contributed by atoms with Crippen LogP contribution in [0.5, 0.6) is 0 Å². The first-order valence-corrected chi connectivity index (χ1v) is 6.23. The van der Waals surface area contributed by atoms with Crippen molar-refractivity contribution in [2.45, 2.75) is 25.5 Å². The van der Waals surface area contributed by atoms with Crippen LogP contribution in [0.4, 0.5) is 0 Å². The summed E-state index contributed by atoms with van der Waals surface area (Å²) in [5.74, 6) is 0. The van der Waals surface area contributed by atoms with Gasteiger partial charge >= 0.3 is 0 Å². The second-order valence-electron chi connectivity index (χ2n) is 4.09. The van der Waals surface area contributed by atoms with E-state index in [4.69, 9.17) is 0 Å². The largest absolute Gasteiger partial charge is 0.463 e. The summed E-state index contributed by atoms with van der Waals surface area (Å²) in [6, 6.07) is 9.79. The molecular weight excluding hydrogens is 244 g/mol. The third-order valence-corrected chi connectivity index (χ3v) is 2.70.